The summed E-state index contributed by atoms with van der Waals surface area (Å²) in [7, 11) is 0. The van der Waals surface area contributed by atoms with Crippen molar-refractivity contribution in [2.45, 2.75) is 56.3 Å². The predicted molar refractivity (Wildman–Crippen MR) is 192 cm³/mol. The molecule has 0 aliphatic rings. The third kappa shape index (κ3) is 16.7. The number of guanidine groups is 1. The molecule has 5 amide bonds. The number of nitrogens with two attached hydrogens (primary N) is 3. The van der Waals surface area contributed by atoms with Crippen molar-refractivity contribution < 1.29 is 39.0 Å². The van der Waals surface area contributed by atoms with Gasteiger partial charge in [0.1, 0.15) is 23.9 Å². The fourth-order valence-corrected chi connectivity index (χ4v) is 5.10. The molecule has 0 heterocycles. The van der Waals surface area contributed by atoms with Crippen LogP contribution >= 0.6 is 11.8 Å². The first-order chi connectivity index (χ1) is 24.3. The molecule has 2 aromatic carbocycles. The Labute approximate surface area is 299 Å². The number of thioether (sulfide) groups is 1. The van der Waals surface area contributed by atoms with Gasteiger partial charge in [-0.3, -0.25) is 29.0 Å². The van der Waals surface area contributed by atoms with Gasteiger partial charge in [0.25, 0.3) is 0 Å². The number of rotatable bonds is 22. The molecule has 17 nitrogen and oxygen atoms in total. The maximum atomic E-state index is 13.6. The number of aromatic hydroxyl groups is 1. The van der Waals surface area contributed by atoms with Crippen LogP contribution in [0.5, 0.6) is 5.75 Å². The molecule has 0 saturated carbocycles. The van der Waals surface area contributed by atoms with E-state index >= 15 is 0 Å². The number of aliphatic imine (C=N–C) groups is 1. The molecule has 2 aromatic rings. The summed E-state index contributed by atoms with van der Waals surface area (Å²) in [5, 5.41) is 31.5. The molecular weight excluding hydrogens is 682 g/mol. The third-order valence-electron chi connectivity index (χ3n) is 7.34. The molecule has 4 atom stereocenters. The number of carboxylic acid groups (broad SMARTS) is 1. The lowest BCUT2D eigenvalue weighted by Crippen LogP contribution is -2.57. The quantitative estimate of drug-likeness (QED) is 0.0361. The molecule has 13 N–H and O–H groups in total. The van der Waals surface area contributed by atoms with Crippen LogP contribution in [0.4, 0.5) is 0 Å². The highest BCUT2D eigenvalue weighted by molar-refractivity contribution is 7.98. The smallest absolute Gasteiger partial charge is 0.326 e. The van der Waals surface area contributed by atoms with Gasteiger partial charge in [-0.05, 0) is 61.0 Å². The summed E-state index contributed by atoms with van der Waals surface area (Å²) in [4.78, 5) is 80.1. The van der Waals surface area contributed by atoms with Gasteiger partial charge in [-0.15, -0.1) is 0 Å². The standard InChI is InChI=1S/C33H47N9O8S/c1-51-15-13-24(30(47)42-25(32(49)50)8-5-14-37-33(35)36)41-31(48)26(17-20-6-3-2-4-7-20)40-28(45)19-38-27(44)18-39-29(46)23(34)16-21-9-11-22(43)12-10-21/h2-4,6-7,9-12,23-26,43H,5,8,13-19,34H2,1H3,(H,38,44)(H,39,46)(H,40,45)(H,41,48)(H,42,47)(H,49,50)(H4,35,36,37). The monoisotopic (exact) mass is 729 g/mol. The Bertz CT molecular complexity index is 1490. The van der Waals surface area contributed by atoms with Crippen molar-refractivity contribution in [1.82, 2.24) is 26.6 Å². The fraction of sp³-hybridized carbons (Fsp3) is 0.424. The largest absolute Gasteiger partial charge is 0.508 e. The maximum Gasteiger partial charge on any atom is 0.326 e. The molecule has 2 rings (SSSR count). The Morgan fingerprint density at radius 1 is 0.745 bits per heavy atom. The number of carboxylic acids is 1. The highest BCUT2D eigenvalue weighted by atomic mass is 32.2. The van der Waals surface area contributed by atoms with Gasteiger partial charge < -0.3 is 54.0 Å². The molecule has 4 unspecified atom stereocenters. The van der Waals surface area contributed by atoms with Crippen LogP contribution in [0.15, 0.2) is 59.6 Å². The number of aliphatic carboxylic acids is 1. The summed E-state index contributed by atoms with van der Waals surface area (Å²) in [6, 6.07) is 10.4. The zero-order chi connectivity index (χ0) is 37.8. The van der Waals surface area contributed by atoms with Crippen molar-refractivity contribution in [2.75, 3.05) is 31.6 Å². The Morgan fingerprint density at radius 2 is 1.35 bits per heavy atom. The van der Waals surface area contributed by atoms with Crippen LogP contribution in [0.25, 0.3) is 0 Å². The van der Waals surface area contributed by atoms with Crippen LogP contribution in [0, 0.1) is 0 Å². The predicted octanol–water partition coefficient (Wildman–Crippen LogP) is -1.92. The van der Waals surface area contributed by atoms with Gasteiger partial charge in [0.2, 0.25) is 29.5 Å². The van der Waals surface area contributed by atoms with Crippen LogP contribution in [0.3, 0.4) is 0 Å². The Hall–Kier alpha value is -5.36. The minimum absolute atomic E-state index is 0.0374. The molecule has 0 spiro atoms. The molecule has 18 heteroatoms. The number of carbonyl (C=O) groups is 6. The van der Waals surface area contributed by atoms with Crippen LogP contribution in [0.2, 0.25) is 0 Å². The van der Waals surface area contributed by atoms with Crippen molar-refractivity contribution >= 4 is 53.2 Å². The average molecular weight is 730 g/mol. The minimum Gasteiger partial charge on any atom is -0.508 e. The number of nitrogens with one attached hydrogen (secondary N) is 5. The zero-order valence-corrected chi connectivity index (χ0v) is 29.1. The van der Waals surface area contributed by atoms with Crippen molar-refractivity contribution in [3.8, 4) is 5.75 Å². The summed E-state index contributed by atoms with van der Waals surface area (Å²) in [5.41, 5.74) is 17.9. The minimum atomic E-state index is -1.27. The molecule has 51 heavy (non-hydrogen) atoms. The van der Waals surface area contributed by atoms with Gasteiger partial charge in [-0.25, -0.2) is 4.79 Å². The number of benzene rings is 2. The van der Waals surface area contributed by atoms with E-state index in [0.29, 0.717) is 16.9 Å². The maximum absolute atomic E-state index is 13.6. The van der Waals surface area contributed by atoms with Crippen LogP contribution in [-0.4, -0.2) is 107 Å². The molecule has 0 saturated heterocycles. The number of phenols is 1. The molecule has 0 radical (unpaired) electrons. The topological polar surface area (TPSA) is 293 Å². The second-order valence-electron chi connectivity index (χ2n) is 11.5. The molecule has 0 aromatic heterocycles. The van der Waals surface area contributed by atoms with E-state index in [4.69, 9.17) is 17.2 Å². The van der Waals surface area contributed by atoms with Gasteiger partial charge in [-0.2, -0.15) is 11.8 Å². The molecule has 0 bridgehead atoms. The van der Waals surface area contributed by atoms with Gasteiger partial charge >= 0.3 is 5.97 Å². The van der Waals surface area contributed by atoms with E-state index in [1.165, 1.54) is 23.9 Å². The lowest BCUT2D eigenvalue weighted by Gasteiger charge is -2.24. The molecule has 0 aliphatic heterocycles. The first-order valence-corrected chi connectivity index (χ1v) is 17.5. The second kappa shape index (κ2) is 22.4. The summed E-state index contributed by atoms with van der Waals surface area (Å²) >= 11 is 1.42. The summed E-state index contributed by atoms with van der Waals surface area (Å²) in [6.45, 7) is -0.814. The Kier molecular flexibility index (Phi) is 18.3. The van der Waals surface area contributed by atoms with Crippen molar-refractivity contribution in [3.05, 3.63) is 65.7 Å². The number of carbonyl (C=O) groups excluding carboxylic acids is 5. The second-order valence-corrected chi connectivity index (χ2v) is 12.5. The molecule has 0 fully saturated rings. The number of nitrogens with zero attached hydrogens (tertiary/aromatic N) is 1. The number of amides is 5. The number of phenolic OH excluding ortho intramolecular Hbond substituents is 1. The normalized spacial score (nSPS) is 13.0. The van der Waals surface area contributed by atoms with E-state index < -0.39 is 72.8 Å². The Balaban J connectivity index is 2.01. The van der Waals surface area contributed by atoms with Gasteiger partial charge in [-0.1, -0.05) is 42.5 Å². The lowest BCUT2D eigenvalue weighted by molar-refractivity contribution is -0.142. The van der Waals surface area contributed by atoms with E-state index in [-0.39, 0.29) is 50.4 Å². The number of hydrogen-bond donors (Lipinski definition) is 10. The SMILES string of the molecule is CSCCC(NC(=O)C(Cc1ccccc1)NC(=O)CNC(=O)CNC(=O)C(N)Cc1ccc(O)cc1)C(=O)NC(CCCN=C(N)N)C(=O)O. The van der Waals surface area contributed by atoms with E-state index in [9.17, 15) is 39.0 Å². The highest BCUT2D eigenvalue weighted by Gasteiger charge is 2.29. The van der Waals surface area contributed by atoms with Crippen molar-refractivity contribution in [1.29, 1.82) is 0 Å². The van der Waals surface area contributed by atoms with Gasteiger partial charge in [0.15, 0.2) is 5.96 Å². The average Bonchev–Trinajstić information content (AvgIpc) is 3.10. The van der Waals surface area contributed by atoms with E-state index in [2.05, 4.69) is 31.6 Å². The van der Waals surface area contributed by atoms with E-state index in [1.54, 1.807) is 42.5 Å². The zero-order valence-electron chi connectivity index (χ0n) is 28.3. The van der Waals surface area contributed by atoms with E-state index in [1.807, 2.05) is 6.26 Å². The third-order valence-corrected chi connectivity index (χ3v) is 7.98. The summed E-state index contributed by atoms with van der Waals surface area (Å²) < 4.78 is 0. The molecular formula is C33H47N9O8S. The first-order valence-electron chi connectivity index (χ1n) is 16.1. The highest BCUT2D eigenvalue weighted by Crippen LogP contribution is 2.11. The first kappa shape index (κ1) is 41.8. The lowest BCUT2D eigenvalue weighted by atomic mass is 10.0. The summed E-state index contributed by atoms with van der Waals surface area (Å²) in [5.74, 6) is -4.28. The van der Waals surface area contributed by atoms with E-state index in [0.717, 1.165) is 0 Å². The Morgan fingerprint density at radius 3 is 1.98 bits per heavy atom. The van der Waals surface area contributed by atoms with Crippen LogP contribution < -0.4 is 43.8 Å². The van der Waals surface area contributed by atoms with Crippen molar-refractivity contribution in [2.24, 2.45) is 22.2 Å². The number of hydrogen-bond acceptors (Lipinski definition) is 10. The molecule has 0 aliphatic carbocycles. The fourth-order valence-electron chi connectivity index (χ4n) is 4.63. The van der Waals surface area contributed by atoms with Gasteiger partial charge in [0, 0.05) is 13.0 Å². The summed E-state index contributed by atoms with van der Waals surface area (Å²) in [6.07, 6.45) is 2.51. The molecule has 278 valence electrons. The van der Waals surface area contributed by atoms with Crippen molar-refractivity contribution in [3.63, 3.8) is 0 Å². The van der Waals surface area contributed by atoms with Gasteiger partial charge in [0.05, 0.1) is 19.1 Å². The van der Waals surface area contributed by atoms with Crippen LogP contribution in [-0.2, 0) is 41.6 Å². The van der Waals surface area contributed by atoms with Crippen LogP contribution in [0.1, 0.15) is 30.4 Å².